The lowest BCUT2D eigenvalue weighted by Gasteiger charge is -2.18. The SMILES string of the molecule is CN(CCNS(=O)(=O)[C@@H]1C[C@H]1c1ccccc1)c1ccccn1. The zero-order valence-electron chi connectivity index (χ0n) is 13.1. The molecule has 1 aliphatic carbocycles. The Kier molecular flexibility index (Phi) is 4.63. The molecule has 0 aliphatic heterocycles. The van der Waals surface area contributed by atoms with E-state index in [2.05, 4.69) is 9.71 Å². The molecule has 6 heteroatoms. The molecule has 3 rings (SSSR count). The maximum Gasteiger partial charge on any atom is 0.215 e. The monoisotopic (exact) mass is 331 g/mol. The number of hydrogen-bond donors (Lipinski definition) is 1. The van der Waals surface area contributed by atoms with Crippen LogP contribution in [0.2, 0.25) is 0 Å². The number of anilines is 1. The zero-order chi connectivity index (χ0) is 16.3. The summed E-state index contributed by atoms with van der Waals surface area (Å²) in [7, 11) is -1.36. The summed E-state index contributed by atoms with van der Waals surface area (Å²) in [6.45, 7) is 0.965. The maximum absolute atomic E-state index is 12.3. The van der Waals surface area contributed by atoms with E-state index in [9.17, 15) is 8.42 Å². The zero-order valence-corrected chi connectivity index (χ0v) is 13.9. The molecule has 1 aromatic carbocycles. The third kappa shape index (κ3) is 3.89. The van der Waals surface area contributed by atoms with E-state index in [4.69, 9.17) is 0 Å². The van der Waals surface area contributed by atoms with E-state index in [1.807, 2.05) is 60.5 Å². The number of nitrogens with zero attached hydrogens (tertiary/aromatic N) is 2. The van der Waals surface area contributed by atoms with Crippen LogP contribution in [0.3, 0.4) is 0 Å². The topological polar surface area (TPSA) is 62.3 Å². The van der Waals surface area contributed by atoms with Gasteiger partial charge in [-0.05, 0) is 24.1 Å². The minimum absolute atomic E-state index is 0.127. The number of rotatable bonds is 7. The van der Waals surface area contributed by atoms with Crippen LogP contribution < -0.4 is 9.62 Å². The van der Waals surface area contributed by atoms with Crippen molar-refractivity contribution in [3.8, 4) is 0 Å². The molecule has 0 bridgehead atoms. The van der Waals surface area contributed by atoms with Crippen molar-refractivity contribution in [3.63, 3.8) is 0 Å². The average Bonchev–Trinajstić information content (AvgIpc) is 3.38. The summed E-state index contributed by atoms with van der Waals surface area (Å²) in [4.78, 5) is 6.18. The van der Waals surface area contributed by atoms with Crippen LogP contribution >= 0.6 is 0 Å². The molecule has 2 atom stereocenters. The maximum atomic E-state index is 12.3. The number of benzene rings is 1. The van der Waals surface area contributed by atoms with Gasteiger partial charge in [0, 0.05) is 32.3 Å². The molecule has 0 saturated heterocycles. The Hall–Kier alpha value is -1.92. The first kappa shape index (κ1) is 16.0. The fourth-order valence-electron chi connectivity index (χ4n) is 2.72. The number of nitrogens with one attached hydrogen (secondary N) is 1. The van der Waals surface area contributed by atoms with Gasteiger partial charge in [0.2, 0.25) is 10.0 Å². The second-order valence-electron chi connectivity index (χ2n) is 5.84. The molecule has 0 amide bonds. The van der Waals surface area contributed by atoms with Crippen LogP contribution in [0, 0.1) is 0 Å². The molecule has 0 radical (unpaired) electrons. The Morgan fingerprint density at radius 3 is 2.61 bits per heavy atom. The van der Waals surface area contributed by atoms with Crippen LogP contribution in [0.15, 0.2) is 54.7 Å². The van der Waals surface area contributed by atoms with Crippen molar-refractivity contribution in [2.45, 2.75) is 17.6 Å². The Labute approximate surface area is 137 Å². The lowest BCUT2D eigenvalue weighted by Crippen LogP contribution is -2.35. The van der Waals surface area contributed by atoms with Gasteiger partial charge in [-0.3, -0.25) is 0 Å². The summed E-state index contributed by atoms with van der Waals surface area (Å²) in [5.74, 6) is 0.961. The van der Waals surface area contributed by atoms with Crippen molar-refractivity contribution in [2.24, 2.45) is 0 Å². The summed E-state index contributed by atoms with van der Waals surface area (Å²) >= 11 is 0. The Balaban J connectivity index is 1.51. The summed E-state index contributed by atoms with van der Waals surface area (Å²) in [5, 5.41) is -0.301. The van der Waals surface area contributed by atoms with Crippen molar-refractivity contribution in [2.75, 3.05) is 25.0 Å². The van der Waals surface area contributed by atoms with E-state index in [0.29, 0.717) is 19.5 Å². The fourth-order valence-corrected chi connectivity index (χ4v) is 4.36. The van der Waals surface area contributed by atoms with E-state index in [1.165, 1.54) is 0 Å². The van der Waals surface area contributed by atoms with E-state index < -0.39 is 10.0 Å². The Morgan fingerprint density at radius 2 is 1.91 bits per heavy atom. The molecule has 23 heavy (non-hydrogen) atoms. The van der Waals surface area contributed by atoms with Crippen LogP contribution in [0.25, 0.3) is 0 Å². The van der Waals surface area contributed by atoms with Crippen LogP contribution in [0.5, 0.6) is 0 Å². The van der Waals surface area contributed by atoms with Crippen molar-refractivity contribution < 1.29 is 8.42 Å². The molecule has 1 saturated carbocycles. The largest absolute Gasteiger partial charge is 0.358 e. The lowest BCUT2D eigenvalue weighted by atomic mass is 10.1. The number of pyridine rings is 1. The molecule has 1 heterocycles. The summed E-state index contributed by atoms with van der Waals surface area (Å²) < 4.78 is 27.4. The summed E-state index contributed by atoms with van der Waals surface area (Å²) in [6.07, 6.45) is 2.43. The molecule has 0 unspecified atom stereocenters. The number of hydrogen-bond acceptors (Lipinski definition) is 4. The predicted octanol–water partition coefficient (Wildman–Crippen LogP) is 1.99. The summed E-state index contributed by atoms with van der Waals surface area (Å²) in [6, 6.07) is 15.5. The standard InChI is InChI=1S/C17H21N3O2S/c1-20(17-9-5-6-10-18-17)12-11-19-23(21,22)16-13-15(16)14-7-3-2-4-8-14/h2-10,15-16,19H,11-13H2,1H3/t15-,16+/m0/s1. The third-order valence-electron chi connectivity index (χ3n) is 4.15. The molecule has 0 spiro atoms. The quantitative estimate of drug-likeness (QED) is 0.843. The van der Waals surface area contributed by atoms with Gasteiger partial charge in [-0.25, -0.2) is 18.1 Å². The summed E-state index contributed by atoms with van der Waals surface area (Å²) in [5.41, 5.74) is 1.11. The molecule has 1 fully saturated rings. The molecule has 2 aromatic rings. The Bertz CT molecular complexity index is 735. The fraction of sp³-hybridized carbons (Fsp3) is 0.353. The number of likely N-dealkylation sites (N-methyl/N-ethyl adjacent to an activating group) is 1. The minimum Gasteiger partial charge on any atom is -0.358 e. The van der Waals surface area contributed by atoms with Crippen LogP contribution in [-0.4, -0.2) is 38.8 Å². The van der Waals surface area contributed by atoms with Crippen molar-refractivity contribution in [1.29, 1.82) is 0 Å². The molecule has 5 nitrogen and oxygen atoms in total. The highest BCUT2D eigenvalue weighted by molar-refractivity contribution is 7.90. The van der Waals surface area contributed by atoms with Gasteiger partial charge in [0.25, 0.3) is 0 Å². The average molecular weight is 331 g/mol. The molecule has 122 valence electrons. The Morgan fingerprint density at radius 1 is 1.17 bits per heavy atom. The lowest BCUT2D eigenvalue weighted by molar-refractivity contribution is 0.579. The first-order valence-corrected chi connectivity index (χ1v) is 9.28. The second-order valence-corrected chi connectivity index (χ2v) is 7.82. The van der Waals surface area contributed by atoms with Gasteiger partial charge in [-0.1, -0.05) is 36.4 Å². The van der Waals surface area contributed by atoms with Gasteiger partial charge in [0.15, 0.2) is 0 Å². The smallest absolute Gasteiger partial charge is 0.215 e. The van der Waals surface area contributed by atoms with Gasteiger partial charge in [-0.15, -0.1) is 0 Å². The van der Waals surface area contributed by atoms with Gasteiger partial charge in [0.05, 0.1) is 5.25 Å². The van der Waals surface area contributed by atoms with Crippen molar-refractivity contribution >= 4 is 15.8 Å². The number of aromatic nitrogens is 1. The first-order valence-electron chi connectivity index (χ1n) is 7.73. The van der Waals surface area contributed by atoms with Crippen LogP contribution in [0.1, 0.15) is 17.9 Å². The van der Waals surface area contributed by atoms with E-state index in [0.717, 1.165) is 11.4 Å². The van der Waals surface area contributed by atoms with Gasteiger partial charge < -0.3 is 4.90 Å². The normalized spacial score (nSPS) is 20.2. The second kappa shape index (κ2) is 6.68. The predicted molar refractivity (Wildman–Crippen MR) is 92.0 cm³/mol. The third-order valence-corrected chi connectivity index (χ3v) is 6.07. The van der Waals surface area contributed by atoms with Crippen molar-refractivity contribution in [3.05, 3.63) is 60.3 Å². The van der Waals surface area contributed by atoms with Gasteiger partial charge in [-0.2, -0.15) is 0 Å². The van der Waals surface area contributed by atoms with E-state index in [-0.39, 0.29) is 11.2 Å². The molecule has 1 aliphatic rings. The van der Waals surface area contributed by atoms with Gasteiger partial charge >= 0.3 is 0 Å². The van der Waals surface area contributed by atoms with E-state index in [1.54, 1.807) is 6.20 Å². The number of sulfonamides is 1. The van der Waals surface area contributed by atoms with Crippen molar-refractivity contribution in [1.82, 2.24) is 9.71 Å². The molecule has 1 N–H and O–H groups in total. The van der Waals surface area contributed by atoms with Crippen LogP contribution in [0.4, 0.5) is 5.82 Å². The first-order chi connectivity index (χ1) is 11.1. The van der Waals surface area contributed by atoms with Crippen LogP contribution in [-0.2, 0) is 10.0 Å². The molecular formula is C17H21N3O2S. The van der Waals surface area contributed by atoms with E-state index >= 15 is 0 Å². The highest BCUT2D eigenvalue weighted by Gasteiger charge is 2.47. The highest BCUT2D eigenvalue weighted by atomic mass is 32.2. The van der Waals surface area contributed by atoms with Gasteiger partial charge in [0.1, 0.15) is 5.82 Å². The molecular weight excluding hydrogens is 310 g/mol. The highest BCUT2D eigenvalue weighted by Crippen LogP contribution is 2.45. The minimum atomic E-state index is -3.26. The molecule has 1 aromatic heterocycles.